The molecule has 0 saturated heterocycles. The summed E-state index contributed by atoms with van der Waals surface area (Å²) in [6.45, 7) is 1.79. The van der Waals surface area contributed by atoms with Gasteiger partial charge in [-0.2, -0.15) is 7.11 Å². The van der Waals surface area contributed by atoms with Gasteiger partial charge in [-0.05, 0) is 70.4 Å². The predicted molar refractivity (Wildman–Crippen MR) is 166 cm³/mol. The van der Waals surface area contributed by atoms with Crippen molar-refractivity contribution < 1.29 is 73.6 Å². The van der Waals surface area contributed by atoms with Crippen molar-refractivity contribution in [3.63, 3.8) is 0 Å². The third-order valence-electron chi connectivity index (χ3n) is 8.10. The van der Waals surface area contributed by atoms with Crippen molar-refractivity contribution in [2.75, 3.05) is 13.7 Å². The number of Topliss-reactive ketones (excluding diaryl/α,β-unsaturated/α-hetero) is 2. The fourth-order valence-corrected chi connectivity index (χ4v) is 5.74. The normalized spacial score (nSPS) is 23.0. The second-order valence-corrected chi connectivity index (χ2v) is 11.0. The Labute approximate surface area is 297 Å². The minimum atomic E-state index is -1.29. The number of ketones is 2. The summed E-state index contributed by atoms with van der Waals surface area (Å²) in [7, 11) is 0.750. The Balaban J connectivity index is 0.000000348. The molecule has 6 rings (SSSR count). The van der Waals surface area contributed by atoms with Gasteiger partial charge < -0.3 is 25.8 Å². The molecule has 1 heterocycles. The van der Waals surface area contributed by atoms with Gasteiger partial charge in [-0.15, -0.1) is 12.4 Å². The minimum Gasteiger partial charge on any atom is -0.857 e. The zero-order valence-corrected chi connectivity index (χ0v) is 29.4. The van der Waals surface area contributed by atoms with Gasteiger partial charge in [0.1, 0.15) is 0 Å². The summed E-state index contributed by atoms with van der Waals surface area (Å²) in [5, 5.41) is 26.7. The maximum absolute atomic E-state index is 12.2. The van der Waals surface area contributed by atoms with E-state index in [2.05, 4.69) is 0 Å². The van der Waals surface area contributed by atoms with Gasteiger partial charge >= 0.3 is 35.5 Å². The fourth-order valence-electron chi connectivity index (χ4n) is 5.74. The van der Waals surface area contributed by atoms with E-state index in [4.69, 9.17) is 20.7 Å². The number of aliphatic hydroxyl groups excluding tert-OH is 2. The van der Waals surface area contributed by atoms with Gasteiger partial charge in [0.05, 0.1) is 29.9 Å². The van der Waals surface area contributed by atoms with Crippen LogP contribution in [0.4, 0.5) is 0 Å². The van der Waals surface area contributed by atoms with Crippen LogP contribution in [-0.4, -0.2) is 82.5 Å². The zero-order chi connectivity index (χ0) is 32.4. The summed E-state index contributed by atoms with van der Waals surface area (Å²) < 4.78 is 4.72. The number of rotatable bonds is 3. The van der Waals surface area contributed by atoms with Gasteiger partial charge in [-0.1, -0.05) is 36.4 Å². The number of hydrogen-bond acceptors (Lipinski definition) is 10. The van der Waals surface area contributed by atoms with Crippen molar-refractivity contribution in [1.29, 1.82) is 0 Å². The first-order chi connectivity index (χ1) is 21.1. The molecule has 46 heavy (non-hydrogen) atoms. The molecular formula is C33H42ClN2NaO9. The molecule has 0 spiro atoms. The third-order valence-corrected chi connectivity index (χ3v) is 8.10. The fraction of sp³-hybridized carbons (Fsp3) is 0.485. The quantitative estimate of drug-likeness (QED) is 0.166. The van der Waals surface area contributed by atoms with Crippen LogP contribution in [0.5, 0.6) is 0 Å². The van der Waals surface area contributed by atoms with Crippen molar-refractivity contribution in [3.05, 3.63) is 70.8 Å². The molecule has 2 aromatic rings. The molecule has 2 fully saturated rings. The Bertz CT molecular complexity index is 1260. The largest absolute Gasteiger partial charge is 1.00 e. The predicted octanol–water partition coefficient (Wildman–Crippen LogP) is -0.518. The number of fused-ring (bicyclic) bond motifs is 2. The molecular weight excluding hydrogens is 627 g/mol. The van der Waals surface area contributed by atoms with Gasteiger partial charge in [0.15, 0.2) is 17.5 Å². The monoisotopic (exact) mass is 668 g/mol. The van der Waals surface area contributed by atoms with Crippen LogP contribution in [-0.2, 0) is 9.53 Å². The number of hydrogen-bond donors (Lipinski definition) is 3. The van der Waals surface area contributed by atoms with Crippen LogP contribution < -0.4 is 40.4 Å². The van der Waals surface area contributed by atoms with E-state index >= 15 is 0 Å². The number of nitrogens with zero attached hydrogens (tertiary/aromatic N) is 1. The molecule has 0 bridgehead atoms. The summed E-state index contributed by atoms with van der Waals surface area (Å²) in [4.78, 5) is 60.9. The van der Waals surface area contributed by atoms with Gasteiger partial charge in [0.25, 0.3) is 11.8 Å². The van der Waals surface area contributed by atoms with Crippen LogP contribution >= 0.6 is 12.4 Å². The summed E-state index contributed by atoms with van der Waals surface area (Å²) in [6.07, 6.45) is 6.20. The number of aliphatic hydroxyl groups is 2. The molecule has 0 unspecified atom stereocenters. The molecule has 246 valence electrons. The van der Waals surface area contributed by atoms with Crippen molar-refractivity contribution in [2.24, 2.45) is 11.7 Å². The summed E-state index contributed by atoms with van der Waals surface area (Å²) >= 11 is 0. The van der Waals surface area contributed by atoms with E-state index in [-0.39, 0.29) is 78.6 Å². The van der Waals surface area contributed by atoms with E-state index in [1.807, 2.05) is 0 Å². The molecule has 13 heteroatoms. The standard InChI is InChI=1S/C14H15NO3.C12H10O4.C6H13NO.CH3O.ClH.Na/c16-10-7-5-9(6-8-10)15-13(17)11-3-1-2-4-12(11)14(15)18;1-2-16-12(15)9-10(13)7-5-3-4-6-8(7)11(9)14;7-5-1-3-6(8)4-2-5;1-2;;/h1-4,9-10,16H,5-8H2;3-6,9H,2H2,1H3;5-6,8H,1-4,7H2;1H3;1H;/q;;;-1;;+1. The maximum Gasteiger partial charge on any atom is 1.00 e. The molecule has 0 atom stereocenters. The number of carbonyl (C=O) groups excluding carboxylic acids is 5. The first-order valence-electron chi connectivity index (χ1n) is 15.0. The smallest absolute Gasteiger partial charge is 0.857 e. The average molecular weight is 669 g/mol. The number of amides is 2. The molecule has 0 aromatic heterocycles. The van der Waals surface area contributed by atoms with Crippen LogP contribution in [0.3, 0.4) is 0 Å². The number of esters is 1. The SMILES string of the molecule is CCOC(=O)C1C(=O)c2ccccc2C1=O.C[O-].Cl.NC1CCC(O)CC1.O=C1c2ccccc2C(=O)N1C1CCC(O)CC1.[Na+]. The van der Waals surface area contributed by atoms with Gasteiger partial charge in [0.2, 0.25) is 0 Å². The van der Waals surface area contributed by atoms with E-state index in [0.29, 0.717) is 54.0 Å². The molecule has 0 radical (unpaired) electrons. The Morgan fingerprint density at radius 3 is 1.50 bits per heavy atom. The Morgan fingerprint density at radius 2 is 1.13 bits per heavy atom. The molecule has 2 saturated carbocycles. The number of benzene rings is 2. The summed E-state index contributed by atoms with van der Waals surface area (Å²) in [6, 6.07) is 13.7. The number of carbonyl (C=O) groups is 5. The van der Waals surface area contributed by atoms with Crippen molar-refractivity contribution in [1.82, 2.24) is 4.90 Å². The van der Waals surface area contributed by atoms with E-state index in [9.17, 15) is 29.1 Å². The maximum atomic E-state index is 12.2. The van der Waals surface area contributed by atoms with Crippen LogP contribution in [0.15, 0.2) is 48.5 Å². The second kappa shape index (κ2) is 20.0. The molecule has 1 aliphatic heterocycles. The van der Waals surface area contributed by atoms with E-state index in [1.165, 1.54) is 4.90 Å². The van der Waals surface area contributed by atoms with Gasteiger partial charge in [0, 0.05) is 23.2 Å². The first kappa shape index (κ1) is 41.5. The molecule has 4 aliphatic rings. The van der Waals surface area contributed by atoms with Crippen LogP contribution in [0.25, 0.3) is 0 Å². The van der Waals surface area contributed by atoms with Crippen LogP contribution in [0.2, 0.25) is 0 Å². The minimum absolute atomic E-state index is 0. The van der Waals surface area contributed by atoms with Crippen LogP contribution in [0.1, 0.15) is 99.7 Å². The Hall–Kier alpha value is -2.48. The molecule has 4 N–H and O–H groups in total. The average Bonchev–Trinajstić information content (AvgIpc) is 3.45. The summed E-state index contributed by atoms with van der Waals surface area (Å²) in [5.74, 6) is -3.34. The summed E-state index contributed by atoms with van der Waals surface area (Å²) in [5.41, 5.74) is 7.22. The zero-order valence-electron chi connectivity index (χ0n) is 26.6. The molecule has 11 nitrogen and oxygen atoms in total. The van der Waals surface area contributed by atoms with E-state index < -0.39 is 23.5 Å². The second-order valence-electron chi connectivity index (χ2n) is 11.0. The van der Waals surface area contributed by atoms with Gasteiger partial charge in [-0.3, -0.25) is 28.9 Å². The van der Waals surface area contributed by atoms with Gasteiger partial charge in [-0.25, -0.2) is 0 Å². The third kappa shape index (κ3) is 10.0. The Kier molecular flexibility index (Phi) is 18.1. The first-order valence-corrected chi connectivity index (χ1v) is 15.0. The van der Waals surface area contributed by atoms with Crippen molar-refractivity contribution in [2.45, 2.75) is 82.6 Å². The van der Waals surface area contributed by atoms with E-state index in [1.54, 1.807) is 55.5 Å². The van der Waals surface area contributed by atoms with Crippen LogP contribution in [0, 0.1) is 5.92 Å². The molecule has 2 amide bonds. The molecule has 3 aliphatic carbocycles. The number of halogens is 1. The van der Waals surface area contributed by atoms with E-state index in [0.717, 1.165) is 32.8 Å². The number of imide groups is 1. The number of nitrogens with two attached hydrogens (primary N) is 1. The number of ether oxygens (including phenoxy) is 1. The van der Waals surface area contributed by atoms with Crippen molar-refractivity contribution >= 4 is 41.8 Å². The topological polar surface area (TPSA) is 187 Å². The molecule has 2 aromatic carbocycles. The Morgan fingerprint density at radius 1 is 0.761 bits per heavy atom. The van der Waals surface area contributed by atoms with Crippen molar-refractivity contribution in [3.8, 4) is 0 Å².